The number of ether oxygens (including phenoxy) is 1. The number of aromatic nitrogens is 7. The van der Waals surface area contributed by atoms with E-state index in [9.17, 15) is 5.11 Å². The summed E-state index contributed by atoms with van der Waals surface area (Å²) >= 11 is 0. The Labute approximate surface area is 194 Å². The monoisotopic (exact) mass is 457 g/mol. The highest BCUT2D eigenvalue weighted by molar-refractivity contribution is 5.86. The second-order valence-electron chi connectivity index (χ2n) is 7.50. The van der Waals surface area contributed by atoms with Crippen LogP contribution in [-0.4, -0.2) is 54.0 Å². The Morgan fingerprint density at radius 2 is 1.85 bits per heavy atom. The summed E-state index contributed by atoms with van der Waals surface area (Å²) < 4.78 is 7.16. The number of aryl methyl sites for hydroxylation is 1. The van der Waals surface area contributed by atoms with E-state index in [2.05, 4.69) is 35.8 Å². The van der Waals surface area contributed by atoms with Gasteiger partial charge in [-0.25, -0.2) is 9.55 Å². The molecule has 5 rings (SSSR count). The summed E-state index contributed by atoms with van der Waals surface area (Å²) in [4.78, 5) is 18.2. The third kappa shape index (κ3) is 3.88. The standard InChI is InChI=1S/C23H23N9O2/c1-13-26-21(24-2)30-22(27-13)32-18-6-4-15(14-5-7-19(34-3)16(10-14)12-33)11-17(18)28-23(32)29-20-8-9-25-31-20/h4-11,33H,12H2,1-3H3,(H,24,26,27,30)(H2,25,28,29,31). The molecule has 11 nitrogen and oxygen atoms in total. The minimum Gasteiger partial charge on any atom is -0.496 e. The van der Waals surface area contributed by atoms with Crippen LogP contribution < -0.4 is 15.4 Å². The molecule has 172 valence electrons. The number of H-pyrrole nitrogens is 1. The number of aliphatic hydroxyl groups is 1. The molecule has 0 saturated heterocycles. The lowest BCUT2D eigenvalue weighted by molar-refractivity contribution is 0.274. The molecule has 0 amide bonds. The summed E-state index contributed by atoms with van der Waals surface area (Å²) in [7, 11) is 3.35. The zero-order valence-corrected chi connectivity index (χ0v) is 18.9. The summed E-state index contributed by atoms with van der Waals surface area (Å²) in [6.45, 7) is 1.70. The van der Waals surface area contributed by atoms with Crippen molar-refractivity contribution in [2.24, 2.45) is 0 Å². The molecule has 2 aromatic carbocycles. The average molecular weight is 457 g/mol. The minimum atomic E-state index is -0.113. The molecule has 0 atom stereocenters. The molecule has 0 unspecified atom stereocenters. The molecule has 3 heterocycles. The first kappa shape index (κ1) is 21.3. The third-order valence-corrected chi connectivity index (χ3v) is 5.34. The zero-order valence-electron chi connectivity index (χ0n) is 18.9. The minimum absolute atomic E-state index is 0.113. The summed E-state index contributed by atoms with van der Waals surface area (Å²) in [5, 5.41) is 22.9. The first-order valence-electron chi connectivity index (χ1n) is 10.6. The molecule has 0 radical (unpaired) electrons. The lowest BCUT2D eigenvalue weighted by Gasteiger charge is -2.10. The van der Waals surface area contributed by atoms with Gasteiger partial charge in [0.15, 0.2) is 5.82 Å². The lowest BCUT2D eigenvalue weighted by Crippen LogP contribution is -2.10. The summed E-state index contributed by atoms with van der Waals surface area (Å²) in [5.74, 6) is 3.23. The topological polar surface area (TPSA) is 139 Å². The maximum Gasteiger partial charge on any atom is 0.242 e. The fraction of sp³-hybridized carbons (Fsp3) is 0.174. The van der Waals surface area contributed by atoms with Crippen molar-refractivity contribution >= 4 is 28.7 Å². The Balaban J connectivity index is 1.67. The molecule has 3 aromatic heterocycles. The van der Waals surface area contributed by atoms with Crippen molar-refractivity contribution < 1.29 is 9.84 Å². The van der Waals surface area contributed by atoms with Gasteiger partial charge in [-0.1, -0.05) is 12.1 Å². The van der Waals surface area contributed by atoms with E-state index in [-0.39, 0.29) is 6.61 Å². The number of imidazole rings is 1. The van der Waals surface area contributed by atoms with Crippen molar-refractivity contribution in [1.29, 1.82) is 0 Å². The molecule has 0 aliphatic heterocycles. The smallest absolute Gasteiger partial charge is 0.242 e. The predicted molar refractivity (Wildman–Crippen MR) is 129 cm³/mol. The molecule has 0 aliphatic rings. The van der Waals surface area contributed by atoms with Crippen LogP contribution in [0.5, 0.6) is 5.75 Å². The maximum atomic E-state index is 9.71. The molecule has 11 heteroatoms. The summed E-state index contributed by atoms with van der Waals surface area (Å²) in [5.41, 5.74) is 4.15. The fourth-order valence-corrected chi connectivity index (χ4v) is 3.75. The summed E-state index contributed by atoms with van der Waals surface area (Å²) in [6.07, 6.45) is 1.72. The molecular formula is C23H23N9O2. The number of nitrogens with one attached hydrogen (secondary N) is 3. The number of benzene rings is 2. The quantitative estimate of drug-likeness (QED) is 0.290. The molecule has 0 saturated carbocycles. The van der Waals surface area contributed by atoms with Gasteiger partial charge in [-0.15, -0.1) is 0 Å². The lowest BCUT2D eigenvalue weighted by atomic mass is 10.0. The van der Waals surface area contributed by atoms with Gasteiger partial charge in [-0.2, -0.15) is 20.1 Å². The van der Waals surface area contributed by atoms with Gasteiger partial charge in [0.1, 0.15) is 11.6 Å². The highest BCUT2D eigenvalue weighted by Crippen LogP contribution is 2.31. The van der Waals surface area contributed by atoms with Crippen LogP contribution in [0.25, 0.3) is 28.1 Å². The van der Waals surface area contributed by atoms with Crippen LogP contribution >= 0.6 is 0 Å². The first-order valence-corrected chi connectivity index (χ1v) is 10.6. The maximum absolute atomic E-state index is 9.71. The van der Waals surface area contributed by atoms with Gasteiger partial charge in [-0.05, 0) is 42.3 Å². The first-order chi connectivity index (χ1) is 16.6. The molecular weight excluding hydrogens is 434 g/mol. The van der Waals surface area contributed by atoms with Gasteiger partial charge < -0.3 is 20.5 Å². The molecule has 0 aliphatic carbocycles. The van der Waals surface area contributed by atoms with Crippen molar-refractivity contribution in [1.82, 2.24) is 34.7 Å². The van der Waals surface area contributed by atoms with E-state index >= 15 is 0 Å². The zero-order chi connectivity index (χ0) is 23.7. The van der Waals surface area contributed by atoms with E-state index in [1.807, 2.05) is 47.9 Å². The van der Waals surface area contributed by atoms with Gasteiger partial charge in [0.25, 0.3) is 0 Å². The molecule has 34 heavy (non-hydrogen) atoms. The van der Waals surface area contributed by atoms with Gasteiger partial charge in [0.2, 0.25) is 17.8 Å². The van der Waals surface area contributed by atoms with Gasteiger partial charge >= 0.3 is 0 Å². The number of rotatable bonds is 7. The van der Waals surface area contributed by atoms with E-state index in [1.54, 1.807) is 26.4 Å². The van der Waals surface area contributed by atoms with Crippen LogP contribution in [0.2, 0.25) is 0 Å². The Morgan fingerprint density at radius 1 is 1.03 bits per heavy atom. The number of anilines is 3. The van der Waals surface area contributed by atoms with E-state index in [0.29, 0.717) is 40.8 Å². The predicted octanol–water partition coefficient (Wildman–Crippen LogP) is 3.20. The van der Waals surface area contributed by atoms with Crippen molar-refractivity contribution in [3.05, 3.63) is 60.0 Å². The second-order valence-corrected chi connectivity index (χ2v) is 7.50. The number of aliphatic hydroxyl groups excluding tert-OH is 1. The Morgan fingerprint density at radius 3 is 2.59 bits per heavy atom. The highest BCUT2D eigenvalue weighted by atomic mass is 16.5. The van der Waals surface area contributed by atoms with E-state index in [4.69, 9.17) is 9.72 Å². The molecule has 0 fully saturated rings. The summed E-state index contributed by atoms with van der Waals surface area (Å²) in [6, 6.07) is 13.5. The Kier molecular flexibility index (Phi) is 5.52. The van der Waals surface area contributed by atoms with Crippen LogP contribution in [0.3, 0.4) is 0 Å². The SMILES string of the molecule is CNc1nc(C)nc(-n2c(Nc3cc[nH]n3)nc3cc(-c4ccc(OC)c(CO)c4)ccc32)n1. The van der Waals surface area contributed by atoms with Crippen molar-refractivity contribution in [2.75, 3.05) is 24.8 Å². The van der Waals surface area contributed by atoms with E-state index in [1.165, 1.54) is 0 Å². The molecule has 5 aromatic rings. The highest BCUT2D eigenvalue weighted by Gasteiger charge is 2.18. The molecule has 4 N–H and O–H groups in total. The van der Waals surface area contributed by atoms with Crippen LogP contribution in [0, 0.1) is 6.92 Å². The molecule has 0 spiro atoms. The van der Waals surface area contributed by atoms with Gasteiger partial charge in [-0.3, -0.25) is 5.10 Å². The number of hydrogen-bond acceptors (Lipinski definition) is 9. The number of nitrogens with zero attached hydrogens (tertiary/aromatic N) is 6. The van der Waals surface area contributed by atoms with Crippen molar-refractivity contribution in [3.63, 3.8) is 0 Å². The van der Waals surface area contributed by atoms with Crippen LogP contribution in [0.4, 0.5) is 17.7 Å². The second kappa shape index (κ2) is 8.79. The Bertz CT molecular complexity index is 1460. The van der Waals surface area contributed by atoms with Crippen LogP contribution in [-0.2, 0) is 6.61 Å². The normalized spacial score (nSPS) is 11.1. The van der Waals surface area contributed by atoms with Gasteiger partial charge in [0.05, 0.1) is 24.8 Å². The molecule has 0 bridgehead atoms. The van der Waals surface area contributed by atoms with Crippen molar-refractivity contribution in [2.45, 2.75) is 13.5 Å². The van der Waals surface area contributed by atoms with Crippen LogP contribution in [0.15, 0.2) is 48.7 Å². The van der Waals surface area contributed by atoms with Crippen molar-refractivity contribution in [3.8, 4) is 22.8 Å². The van der Waals surface area contributed by atoms with E-state index < -0.39 is 0 Å². The Hall–Kier alpha value is -4.51. The number of methoxy groups -OCH3 is 1. The largest absolute Gasteiger partial charge is 0.496 e. The average Bonchev–Trinajstić information content (AvgIpc) is 3.50. The number of hydrogen-bond donors (Lipinski definition) is 4. The van der Waals surface area contributed by atoms with Gasteiger partial charge in [0, 0.05) is 24.9 Å². The van der Waals surface area contributed by atoms with E-state index in [0.717, 1.165) is 22.2 Å². The number of fused-ring (bicyclic) bond motifs is 1. The third-order valence-electron chi connectivity index (χ3n) is 5.34. The number of aromatic amines is 1. The van der Waals surface area contributed by atoms with Crippen LogP contribution in [0.1, 0.15) is 11.4 Å². The fourth-order valence-electron chi connectivity index (χ4n) is 3.75.